The van der Waals surface area contributed by atoms with Gasteiger partial charge in [-0.15, -0.1) is 0 Å². The van der Waals surface area contributed by atoms with Gasteiger partial charge in [-0.05, 0) is 0 Å². The summed E-state index contributed by atoms with van der Waals surface area (Å²) in [5, 5.41) is 0. The first-order chi connectivity index (χ1) is 8.19. The van der Waals surface area contributed by atoms with Gasteiger partial charge < -0.3 is 0 Å². The predicted molar refractivity (Wildman–Crippen MR) is 76.7 cm³/mol. The molecule has 3 aliphatic rings. The molecule has 4 rings (SSSR count). The number of anilines is 2. The van der Waals surface area contributed by atoms with Crippen molar-refractivity contribution >= 4 is 58.0 Å². The normalized spacial score (nSPS) is 22.0. The third kappa shape index (κ3) is 1.24. The van der Waals surface area contributed by atoms with Crippen LogP contribution in [0.3, 0.4) is 0 Å². The van der Waals surface area contributed by atoms with Crippen LogP contribution in [0.2, 0.25) is 0 Å². The van der Waals surface area contributed by atoms with Crippen LogP contribution in [0.15, 0.2) is 24.3 Å². The quantitative estimate of drug-likeness (QED) is 0.646. The van der Waals surface area contributed by atoms with Crippen molar-refractivity contribution in [1.29, 1.82) is 0 Å². The topological polar surface area (TPSA) is 6.48 Å². The van der Waals surface area contributed by atoms with E-state index in [2.05, 4.69) is 42.7 Å². The van der Waals surface area contributed by atoms with Crippen LogP contribution in [-0.4, -0.2) is 29.8 Å². The molecule has 86 valence electrons. The second kappa shape index (κ2) is 3.37. The van der Waals surface area contributed by atoms with Crippen molar-refractivity contribution in [2.75, 3.05) is 19.3 Å². The summed E-state index contributed by atoms with van der Waals surface area (Å²) in [7, 11) is 13.5. The van der Waals surface area contributed by atoms with Gasteiger partial charge in [-0.3, -0.25) is 0 Å². The zero-order chi connectivity index (χ0) is 11.6. The molecule has 0 saturated carbocycles. The molecule has 0 aromatic heterocycles. The van der Waals surface area contributed by atoms with E-state index in [-0.39, 0.29) is 0 Å². The molecule has 0 radical (unpaired) electrons. The van der Waals surface area contributed by atoms with E-state index in [1.165, 1.54) is 22.5 Å². The summed E-state index contributed by atoms with van der Waals surface area (Å²) in [6.07, 6.45) is 8.64. The van der Waals surface area contributed by atoms with Crippen molar-refractivity contribution in [1.82, 2.24) is 0 Å². The van der Waals surface area contributed by atoms with Crippen LogP contribution in [0.5, 0.6) is 0 Å². The first kappa shape index (κ1) is 10.6. The Labute approximate surface area is 112 Å². The summed E-state index contributed by atoms with van der Waals surface area (Å²) in [5.41, 5.74) is 5.01. The van der Waals surface area contributed by atoms with Crippen molar-refractivity contribution < 1.29 is 0 Å². The molecule has 3 heterocycles. The van der Waals surface area contributed by atoms with Gasteiger partial charge >= 0.3 is 113 Å². The Morgan fingerprint density at radius 2 is 1.35 bits per heavy atom. The van der Waals surface area contributed by atoms with E-state index in [1.807, 2.05) is 0 Å². The number of hydrogen-bond acceptors (Lipinski definition) is 2. The fraction of sp³-hybridized carbons (Fsp3) is 0.167. The van der Waals surface area contributed by atoms with Gasteiger partial charge in [0.2, 0.25) is 0 Å². The molecule has 0 N–H and O–H groups in total. The zero-order valence-corrected chi connectivity index (χ0v) is 13.4. The van der Waals surface area contributed by atoms with Crippen LogP contribution in [0.1, 0.15) is 11.1 Å². The molecule has 0 atom stereocenters. The van der Waals surface area contributed by atoms with Gasteiger partial charge in [0.1, 0.15) is 0 Å². The molecule has 0 fully saturated rings. The second-order valence-electron chi connectivity index (χ2n) is 4.48. The molecular formula is C12H10Cl2N2Sn. The SMILES string of the molecule is [Cl][Sn]1([Cl])[N]2CC=Cc3ccc4c(c32)[N]1CC=C4. The van der Waals surface area contributed by atoms with Crippen molar-refractivity contribution in [3.8, 4) is 0 Å². The van der Waals surface area contributed by atoms with Crippen molar-refractivity contribution in [3.05, 3.63) is 35.4 Å². The number of halogens is 2. The van der Waals surface area contributed by atoms with Crippen molar-refractivity contribution in [2.24, 2.45) is 0 Å². The first-order valence-electron chi connectivity index (χ1n) is 5.63. The van der Waals surface area contributed by atoms with Crippen LogP contribution >= 0.6 is 17.8 Å². The summed E-state index contributed by atoms with van der Waals surface area (Å²) in [5.74, 6) is 0. The molecule has 2 nitrogen and oxygen atoms in total. The van der Waals surface area contributed by atoms with Gasteiger partial charge in [0.15, 0.2) is 0 Å². The van der Waals surface area contributed by atoms with E-state index in [1.54, 1.807) is 0 Å². The Morgan fingerprint density at radius 1 is 0.882 bits per heavy atom. The molecule has 0 spiro atoms. The summed E-state index contributed by atoms with van der Waals surface area (Å²) in [6, 6.07) is 4.32. The maximum atomic E-state index is 6.74. The molecule has 17 heavy (non-hydrogen) atoms. The third-order valence-electron chi connectivity index (χ3n) is 3.57. The molecule has 5 heteroatoms. The summed E-state index contributed by atoms with van der Waals surface area (Å²) < 4.78 is 4.53. The average molecular weight is 372 g/mol. The molecule has 3 aliphatic heterocycles. The van der Waals surface area contributed by atoms with E-state index in [0.717, 1.165) is 13.1 Å². The number of benzene rings is 1. The predicted octanol–water partition coefficient (Wildman–Crippen LogP) is 3.28. The van der Waals surface area contributed by atoms with Crippen LogP contribution in [0.4, 0.5) is 11.4 Å². The fourth-order valence-electron chi connectivity index (χ4n) is 2.83. The van der Waals surface area contributed by atoms with Gasteiger partial charge in [0, 0.05) is 0 Å². The molecule has 0 bridgehead atoms. The van der Waals surface area contributed by atoms with Gasteiger partial charge in [0.05, 0.1) is 0 Å². The van der Waals surface area contributed by atoms with Crippen LogP contribution in [0, 0.1) is 0 Å². The van der Waals surface area contributed by atoms with E-state index in [4.69, 9.17) is 17.8 Å². The molecule has 1 aromatic rings. The maximum absolute atomic E-state index is 6.74. The number of rotatable bonds is 0. The summed E-state index contributed by atoms with van der Waals surface area (Å²) >= 11 is -3.37. The van der Waals surface area contributed by atoms with E-state index >= 15 is 0 Å². The minimum absolute atomic E-state index is 0.850. The Kier molecular flexibility index (Phi) is 2.10. The summed E-state index contributed by atoms with van der Waals surface area (Å²) in [4.78, 5) is 0. The van der Waals surface area contributed by atoms with E-state index in [9.17, 15) is 0 Å². The number of nitrogens with zero attached hydrogens (tertiary/aromatic N) is 2. The van der Waals surface area contributed by atoms with Gasteiger partial charge in [-0.2, -0.15) is 0 Å². The van der Waals surface area contributed by atoms with Crippen LogP contribution in [-0.2, 0) is 0 Å². The van der Waals surface area contributed by atoms with Gasteiger partial charge in [-0.1, -0.05) is 0 Å². The number of hydrogen-bond donors (Lipinski definition) is 0. The minimum atomic E-state index is -3.37. The molecular weight excluding hydrogens is 362 g/mol. The van der Waals surface area contributed by atoms with Gasteiger partial charge in [0.25, 0.3) is 0 Å². The second-order valence-corrected chi connectivity index (χ2v) is 18.8. The fourth-order valence-corrected chi connectivity index (χ4v) is 12.5. The molecule has 0 amide bonds. The monoisotopic (exact) mass is 372 g/mol. The Morgan fingerprint density at radius 3 is 1.82 bits per heavy atom. The first-order valence-corrected chi connectivity index (χ1v) is 15.4. The molecule has 0 unspecified atom stereocenters. The third-order valence-corrected chi connectivity index (χ3v) is 15.1. The summed E-state index contributed by atoms with van der Waals surface area (Å²) in [6.45, 7) is 1.70. The Hall–Kier alpha value is -0.321. The van der Waals surface area contributed by atoms with E-state index < -0.39 is 16.7 Å². The molecule has 1 aromatic carbocycles. The van der Waals surface area contributed by atoms with Crippen LogP contribution < -0.4 is 6.24 Å². The Balaban J connectivity index is 2.10. The molecule has 0 aliphatic carbocycles. The molecule has 0 saturated heterocycles. The standard InChI is InChI=1S/C12H10N2.2ClH.Sn/c1-3-9-5-6-10-4-2-8-14-12(10)11(9)13-7-1;;;/h1-6H,7-8H2;2*1H;/q-2;;;+4/p-2. The van der Waals surface area contributed by atoms with Gasteiger partial charge in [-0.25, -0.2) is 0 Å². The van der Waals surface area contributed by atoms with Crippen LogP contribution in [0.25, 0.3) is 12.2 Å². The van der Waals surface area contributed by atoms with E-state index in [0.29, 0.717) is 0 Å². The average Bonchev–Trinajstić information content (AvgIpc) is 2.59. The zero-order valence-electron chi connectivity index (χ0n) is 9.03. The van der Waals surface area contributed by atoms with Crippen molar-refractivity contribution in [2.45, 2.75) is 0 Å². The Bertz CT molecular complexity index is 531. The van der Waals surface area contributed by atoms with Crippen molar-refractivity contribution in [3.63, 3.8) is 0 Å².